The molecule has 1 atom stereocenters. The van der Waals surface area contributed by atoms with Crippen molar-refractivity contribution in [2.75, 3.05) is 31.6 Å². The van der Waals surface area contributed by atoms with Crippen LogP contribution in [0.5, 0.6) is 0 Å². The number of hydrogen-bond acceptors (Lipinski definition) is 4. The summed E-state index contributed by atoms with van der Waals surface area (Å²) in [5.41, 5.74) is 1.66. The van der Waals surface area contributed by atoms with Crippen LogP contribution < -0.4 is 15.5 Å². The zero-order chi connectivity index (χ0) is 14.5. The maximum atomic E-state index is 11.9. The van der Waals surface area contributed by atoms with E-state index in [0.29, 0.717) is 18.7 Å². The highest BCUT2D eigenvalue weighted by Crippen LogP contribution is 2.13. The summed E-state index contributed by atoms with van der Waals surface area (Å²) in [7, 11) is 2.00. The third kappa shape index (κ3) is 3.40. The van der Waals surface area contributed by atoms with E-state index < -0.39 is 6.09 Å². The molecule has 20 heavy (non-hydrogen) atoms. The third-order valence-electron chi connectivity index (χ3n) is 3.28. The minimum absolute atomic E-state index is 0.168. The largest absolute Gasteiger partial charge is 0.442 e. The molecule has 1 unspecified atom stereocenters. The van der Waals surface area contributed by atoms with Crippen LogP contribution in [-0.4, -0.2) is 44.8 Å². The van der Waals surface area contributed by atoms with Gasteiger partial charge in [0.15, 0.2) is 0 Å². The molecule has 2 rings (SSSR count). The van der Waals surface area contributed by atoms with E-state index in [-0.39, 0.29) is 12.0 Å². The molecule has 0 aromatic heterocycles. The standard InChI is InChI=1S/C14H19N3O3/c1-3-17(2)11-6-4-10(5-7-11)13(18)15-8-12-9-16-14(19)20-12/h4-7,12H,3,8-9H2,1-2H3,(H,15,18)(H,16,19). The first kappa shape index (κ1) is 14.2. The minimum Gasteiger partial charge on any atom is -0.442 e. The van der Waals surface area contributed by atoms with Gasteiger partial charge in [0.25, 0.3) is 5.91 Å². The van der Waals surface area contributed by atoms with Gasteiger partial charge in [-0.3, -0.25) is 4.79 Å². The van der Waals surface area contributed by atoms with Crippen LogP contribution in [0.2, 0.25) is 0 Å². The summed E-state index contributed by atoms with van der Waals surface area (Å²) in [6.45, 7) is 3.72. The van der Waals surface area contributed by atoms with Crippen LogP contribution in [0.3, 0.4) is 0 Å². The van der Waals surface area contributed by atoms with Gasteiger partial charge in [-0.2, -0.15) is 0 Å². The Morgan fingerprint density at radius 2 is 2.15 bits per heavy atom. The number of carbonyl (C=O) groups excluding carboxylic acids is 2. The van der Waals surface area contributed by atoms with E-state index in [9.17, 15) is 9.59 Å². The molecular weight excluding hydrogens is 258 g/mol. The highest BCUT2D eigenvalue weighted by molar-refractivity contribution is 5.94. The molecule has 0 saturated carbocycles. The average molecular weight is 277 g/mol. The van der Waals surface area contributed by atoms with E-state index in [4.69, 9.17) is 4.74 Å². The molecule has 6 nitrogen and oxygen atoms in total. The van der Waals surface area contributed by atoms with Crippen LogP contribution in [0.15, 0.2) is 24.3 Å². The Morgan fingerprint density at radius 3 is 2.70 bits per heavy atom. The lowest BCUT2D eigenvalue weighted by Crippen LogP contribution is -2.33. The van der Waals surface area contributed by atoms with Crippen molar-refractivity contribution in [1.29, 1.82) is 0 Å². The number of anilines is 1. The fraction of sp³-hybridized carbons (Fsp3) is 0.429. The van der Waals surface area contributed by atoms with Crippen molar-refractivity contribution >= 4 is 17.7 Å². The molecule has 1 fully saturated rings. The van der Waals surface area contributed by atoms with Crippen molar-refractivity contribution in [3.63, 3.8) is 0 Å². The third-order valence-corrected chi connectivity index (χ3v) is 3.28. The normalized spacial score (nSPS) is 17.3. The van der Waals surface area contributed by atoms with E-state index in [1.807, 2.05) is 19.2 Å². The van der Waals surface area contributed by atoms with E-state index in [2.05, 4.69) is 22.5 Å². The molecule has 0 bridgehead atoms. The average Bonchev–Trinajstić information content (AvgIpc) is 2.89. The summed E-state index contributed by atoms with van der Waals surface area (Å²) >= 11 is 0. The van der Waals surface area contributed by atoms with Crippen LogP contribution >= 0.6 is 0 Å². The van der Waals surface area contributed by atoms with Crippen molar-refractivity contribution in [3.05, 3.63) is 29.8 Å². The second-order valence-corrected chi connectivity index (χ2v) is 4.68. The Kier molecular flexibility index (Phi) is 4.45. The molecule has 6 heteroatoms. The lowest BCUT2D eigenvalue weighted by atomic mass is 10.2. The van der Waals surface area contributed by atoms with Gasteiger partial charge in [-0.25, -0.2) is 4.79 Å². The molecule has 1 heterocycles. The van der Waals surface area contributed by atoms with Crippen molar-refractivity contribution in [2.45, 2.75) is 13.0 Å². The smallest absolute Gasteiger partial charge is 0.407 e. The van der Waals surface area contributed by atoms with Gasteiger partial charge in [0.05, 0.1) is 13.1 Å². The zero-order valence-corrected chi connectivity index (χ0v) is 11.7. The van der Waals surface area contributed by atoms with Crippen molar-refractivity contribution in [3.8, 4) is 0 Å². The predicted molar refractivity (Wildman–Crippen MR) is 76.0 cm³/mol. The maximum Gasteiger partial charge on any atom is 0.407 e. The number of nitrogens with one attached hydrogen (secondary N) is 2. The molecule has 2 amide bonds. The van der Waals surface area contributed by atoms with E-state index in [1.165, 1.54) is 0 Å². The molecule has 0 aliphatic carbocycles. The minimum atomic E-state index is -0.434. The number of carbonyl (C=O) groups is 2. The van der Waals surface area contributed by atoms with E-state index >= 15 is 0 Å². The van der Waals surface area contributed by atoms with Crippen molar-refractivity contribution in [1.82, 2.24) is 10.6 Å². The second kappa shape index (κ2) is 6.27. The number of cyclic esters (lactones) is 1. The molecule has 1 aliphatic heterocycles. The van der Waals surface area contributed by atoms with Crippen LogP contribution in [0.4, 0.5) is 10.5 Å². The first-order valence-corrected chi connectivity index (χ1v) is 6.64. The SMILES string of the molecule is CCN(C)c1ccc(C(=O)NCC2CNC(=O)O2)cc1. The molecule has 1 saturated heterocycles. The first-order valence-electron chi connectivity index (χ1n) is 6.64. The van der Waals surface area contributed by atoms with Gasteiger partial charge in [-0.15, -0.1) is 0 Å². The Hall–Kier alpha value is -2.24. The Bertz CT molecular complexity index is 487. The van der Waals surface area contributed by atoms with Crippen LogP contribution in [0, 0.1) is 0 Å². The molecule has 1 aromatic rings. The number of alkyl carbamates (subject to hydrolysis) is 1. The molecule has 0 radical (unpaired) electrons. The van der Waals surface area contributed by atoms with Gasteiger partial charge in [0, 0.05) is 24.8 Å². The van der Waals surface area contributed by atoms with Gasteiger partial charge >= 0.3 is 6.09 Å². The van der Waals surface area contributed by atoms with E-state index in [1.54, 1.807) is 12.1 Å². The highest BCUT2D eigenvalue weighted by atomic mass is 16.6. The van der Waals surface area contributed by atoms with Crippen LogP contribution in [-0.2, 0) is 4.74 Å². The van der Waals surface area contributed by atoms with Gasteiger partial charge in [0.2, 0.25) is 0 Å². The lowest BCUT2D eigenvalue weighted by molar-refractivity contribution is 0.0916. The molecule has 108 valence electrons. The fourth-order valence-corrected chi connectivity index (χ4v) is 1.90. The quantitative estimate of drug-likeness (QED) is 0.841. The van der Waals surface area contributed by atoms with Gasteiger partial charge in [-0.05, 0) is 31.2 Å². The van der Waals surface area contributed by atoms with Crippen LogP contribution in [0.1, 0.15) is 17.3 Å². The molecular formula is C14H19N3O3. The summed E-state index contributed by atoms with van der Waals surface area (Å²) in [6, 6.07) is 7.40. The Morgan fingerprint density at radius 1 is 1.45 bits per heavy atom. The number of benzene rings is 1. The maximum absolute atomic E-state index is 11.9. The zero-order valence-electron chi connectivity index (χ0n) is 11.7. The number of ether oxygens (including phenoxy) is 1. The van der Waals surface area contributed by atoms with Crippen molar-refractivity contribution < 1.29 is 14.3 Å². The van der Waals surface area contributed by atoms with Gasteiger partial charge in [-0.1, -0.05) is 0 Å². The van der Waals surface area contributed by atoms with Gasteiger partial charge in [0.1, 0.15) is 6.10 Å². The number of amides is 2. The molecule has 1 aliphatic rings. The topological polar surface area (TPSA) is 70.7 Å². The lowest BCUT2D eigenvalue weighted by Gasteiger charge is -2.17. The fourth-order valence-electron chi connectivity index (χ4n) is 1.90. The Balaban J connectivity index is 1.87. The van der Waals surface area contributed by atoms with Crippen LogP contribution in [0.25, 0.3) is 0 Å². The summed E-state index contributed by atoms with van der Waals surface area (Å²) in [5.74, 6) is -0.168. The van der Waals surface area contributed by atoms with Crippen molar-refractivity contribution in [2.24, 2.45) is 0 Å². The second-order valence-electron chi connectivity index (χ2n) is 4.68. The Labute approximate surface area is 118 Å². The van der Waals surface area contributed by atoms with E-state index in [0.717, 1.165) is 12.2 Å². The summed E-state index contributed by atoms with van der Waals surface area (Å²) in [6.07, 6.45) is -0.729. The number of hydrogen-bond donors (Lipinski definition) is 2. The monoisotopic (exact) mass is 277 g/mol. The summed E-state index contributed by atoms with van der Waals surface area (Å²) in [5, 5.41) is 5.30. The summed E-state index contributed by atoms with van der Waals surface area (Å²) in [4.78, 5) is 24.9. The van der Waals surface area contributed by atoms with Gasteiger partial charge < -0.3 is 20.3 Å². The highest BCUT2D eigenvalue weighted by Gasteiger charge is 2.22. The summed E-state index contributed by atoms with van der Waals surface area (Å²) < 4.78 is 4.94. The number of nitrogens with zero attached hydrogens (tertiary/aromatic N) is 1. The predicted octanol–water partition coefficient (Wildman–Crippen LogP) is 0.981. The molecule has 1 aromatic carbocycles. The molecule has 0 spiro atoms. The first-order chi connectivity index (χ1) is 9.60. The molecule has 2 N–H and O–H groups in total. The number of rotatable bonds is 5.